The zero-order valence-corrected chi connectivity index (χ0v) is 13.0. The number of para-hydroxylation sites is 1. The van der Waals surface area contributed by atoms with Gasteiger partial charge in [0.2, 0.25) is 0 Å². The third kappa shape index (κ3) is 3.45. The van der Waals surface area contributed by atoms with E-state index in [1.165, 1.54) is 6.33 Å². The normalized spacial score (nSPS) is 10.7. The summed E-state index contributed by atoms with van der Waals surface area (Å²) in [5, 5.41) is 4.19. The fraction of sp³-hybridized carbons (Fsp3) is 0.167. The molecule has 23 heavy (non-hydrogen) atoms. The lowest BCUT2D eigenvalue weighted by atomic mass is 10.2. The fourth-order valence-corrected chi connectivity index (χ4v) is 2.21. The predicted octanol–water partition coefficient (Wildman–Crippen LogP) is 3.94. The molecule has 0 aliphatic heterocycles. The van der Waals surface area contributed by atoms with Crippen molar-refractivity contribution >= 4 is 28.4 Å². The summed E-state index contributed by atoms with van der Waals surface area (Å²) in [6.07, 6.45) is 1.40. The first-order chi connectivity index (χ1) is 11.1. The Morgan fingerprint density at radius 3 is 2.52 bits per heavy atom. The van der Waals surface area contributed by atoms with Gasteiger partial charge in [0, 0.05) is 11.1 Å². The Morgan fingerprint density at radius 2 is 1.78 bits per heavy atom. The van der Waals surface area contributed by atoms with Crippen LogP contribution in [-0.4, -0.2) is 22.0 Å². The van der Waals surface area contributed by atoms with Crippen molar-refractivity contribution < 1.29 is 9.53 Å². The van der Waals surface area contributed by atoms with Crippen LogP contribution in [0.4, 0.5) is 11.5 Å². The lowest BCUT2D eigenvalue weighted by Gasteiger charge is -2.10. The molecule has 0 radical (unpaired) electrons. The van der Waals surface area contributed by atoms with Crippen LogP contribution in [0.5, 0.6) is 0 Å². The highest BCUT2D eigenvalue weighted by molar-refractivity contribution is 5.92. The summed E-state index contributed by atoms with van der Waals surface area (Å²) in [6.45, 7) is 3.65. The third-order valence-electron chi connectivity index (χ3n) is 3.27. The van der Waals surface area contributed by atoms with Gasteiger partial charge in [-0.05, 0) is 50.2 Å². The second-order valence-corrected chi connectivity index (χ2v) is 5.40. The van der Waals surface area contributed by atoms with Crippen LogP contribution in [0.3, 0.4) is 0 Å². The van der Waals surface area contributed by atoms with Crippen LogP contribution in [0, 0.1) is 0 Å². The quantitative estimate of drug-likeness (QED) is 0.740. The van der Waals surface area contributed by atoms with Gasteiger partial charge < -0.3 is 10.1 Å². The van der Waals surface area contributed by atoms with Crippen molar-refractivity contribution in [3.63, 3.8) is 0 Å². The first-order valence-corrected chi connectivity index (χ1v) is 7.41. The van der Waals surface area contributed by atoms with Gasteiger partial charge in [0.15, 0.2) is 0 Å². The number of fused-ring (bicyclic) bond motifs is 1. The first-order valence-electron chi connectivity index (χ1n) is 7.41. The second-order valence-electron chi connectivity index (χ2n) is 5.40. The summed E-state index contributed by atoms with van der Waals surface area (Å²) in [5.41, 5.74) is 2.24. The minimum Gasteiger partial charge on any atom is -0.459 e. The minimum absolute atomic E-state index is 0.132. The molecule has 116 valence electrons. The molecule has 0 fully saturated rings. The van der Waals surface area contributed by atoms with E-state index in [0.717, 1.165) is 22.4 Å². The molecule has 5 heteroatoms. The van der Waals surface area contributed by atoms with E-state index in [9.17, 15) is 4.79 Å². The largest absolute Gasteiger partial charge is 0.459 e. The Kier molecular flexibility index (Phi) is 4.19. The summed E-state index contributed by atoms with van der Waals surface area (Å²) in [7, 11) is 0. The number of benzene rings is 2. The van der Waals surface area contributed by atoms with E-state index >= 15 is 0 Å². The molecule has 0 amide bonds. The summed E-state index contributed by atoms with van der Waals surface area (Å²) in [6, 6.07) is 14.9. The van der Waals surface area contributed by atoms with E-state index in [1.54, 1.807) is 12.1 Å². The highest BCUT2D eigenvalue weighted by Gasteiger charge is 2.09. The van der Waals surface area contributed by atoms with Gasteiger partial charge in [-0.2, -0.15) is 0 Å². The Hall–Kier alpha value is -2.95. The van der Waals surface area contributed by atoms with Gasteiger partial charge in [-0.15, -0.1) is 0 Å². The van der Waals surface area contributed by atoms with Crippen LogP contribution >= 0.6 is 0 Å². The lowest BCUT2D eigenvalue weighted by molar-refractivity contribution is 0.0378. The standard InChI is InChI=1S/C18H17N3O2/c1-12(2)23-18(22)13-7-9-14(10-8-13)21-17-15-5-3-4-6-16(15)19-11-20-17/h3-12H,1-2H3,(H,19,20,21). The van der Waals surface area contributed by atoms with Gasteiger partial charge >= 0.3 is 5.97 Å². The molecule has 3 aromatic rings. The average molecular weight is 307 g/mol. The molecule has 0 bridgehead atoms. The van der Waals surface area contributed by atoms with Crippen molar-refractivity contribution in [3.8, 4) is 0 Å². The van der Waals surface area contributed by atoms with Crippen molar-refractivity contribution in [2.45, 2.75) is 20.0 Å². The highest BCUT2D eigenvalue weighted by Crippen LogP contribution is 2.22. The van der Waals surface area contributed by atoms with Gasteiger partial charge in [-0.3, -0.25) is 0 Å². The molecule has 0 aliphatic carbocycles. The van der Waals surface area contributed by atoms with Crippen LogP contribution < -0.4 is 5.32 Å². The molecule has 3 rings (SSSR count). The lowest BCUT2D eigenvalue weighted by Crippen LogP contribution is -2.11. The average Bonchev–Trinajstić information content (AvgIpc) is 2.55. The molecular weight excluding hydrogens is 290 g/mol. The molecule has 2 aromatic carbocycles. The van der Waals surface area contributed by atoms with Crippen molar-refractivity contribution in [2.24, 2.45) is 0 Å². The molecule has 0 atom stereocenters. The van der Waals surface area contributed by atoms with Gasteiger partial charge in [0.25, 0.3) is 0 Å². The van der Waals surface area contributed by atoms with Crippen molar-refractivity contribution in [1.29, 1.82) is 0 Å². The number of rotatable bonds is 4. The molecule has 0 unspecified atom stereocenters. The maximum Gasteiger partial charge on any atom is 0.338 e. The highest BCUT2D eigenvalue weighted by atomic mass is 16.5. The zero-order chi connectivity index (χ0) is 16.2. The second kappa shape index (κ2) is 6.44. The number of nitrogens with one attached hydrogen (secondary N) is 1. The molecule has 1 N–H and O–H groups in total. The Morgan fingerprint density at radius 1 is 1.04 bits per heavy atom. The maximum atomic E-state index is 11.8. The Labute approximate surface area is 134 Å². The van der Waals surface area contributed by atoms with Crippen LogP contribution in [0.2, 0.25) is 0 Å². The maximum absolute atomic E-state index is 11.8. The monoisotopic (exact) mass is 307 g/mol. The molecule has 0 saturated heterocycles. The van der Waals surface area contributed by atoms with Crippen molar-refractivity contribution in [2.75, 3.05) is 5.32 Å². The van der Waals surface area contributed by atoms with Crippen LogP contribution in [-0.2, 0) is 4.74 Å². The van der Waals surface area contributed by atoms with Crippen molar-refractivity contribution in [1.82, 2.24) is 9.97 Å². The molecule has 0 spiro atoms. The number of carbonyl (C=O) groups excluding carboxylic acids is 1. The number of hydrogen-bond donors (Lipinski definition) is 1. The third-order valence-corrected chi connectivity index (χ3v) is 3.27. The number of hydrogen-bond acceptors (Lipinski definition) is 5. The fourth-order valence-electron chi connectivity index (χ4n) is 2.21. The molecule has 0 aliphatic rings. The molecular formula is C18H17N3O2. The van der Waals surface area contributed by atoms with Gasteiger partial charge in [0.1, 0.15) is 12.1 Å². The predicted molar refractivity (Wildman–Crippen MR) is 89.8 cm³/mol. The number of anilines is 2. The molecule has 5 nitrogen and oxygen atoms in total. The summed E-state index contributed by atoms with van der Waals surface area (Å²) >= 11 is 0. The number of aromatic nitrogens is 2. The summed E-state index contributed by atoms with van der Waals surface area (Å²) in [5.74, 6) is 0.409. The SMILES string of the molecule is CC(C)OC(=O)c1ccc(Nc2ncnc3ccccc23)cc1. The molecule has 1 aromatic heterocycles. The Balaban J connectivity index is 1.81. The first kappa shape index (κ1) is 15.0. The summed E-state index contributed by atoms with van der Waals surface area (Å²) in [4.78, 5) is 20.4. The van der Waals surface area contributed by atoms with Crippen LogP contribution in [0.15, 0.2) is 54.9 Å². The van der Waals surface area contributed by atoms with Gasteiger partial charge in [-0.1, -0.05) is 12.1 Å². The number of carbonyl (C=O) groups is 1. The van der Waals surface area contributed by atoms with Crippen LogP contribution in [0.1, 0.15) is 24.2 Å². The Bertz CT molecular complexity index is 824. The molecule has 0 saturated carbocycles. The zero-order valence-electron chi connectivity index (χ0n) is 13.0. The van der Waals surface area contributed by atoms with E-state index in [2.05, 4.69) is 15.3 Å². The van der Waals surface area contributed by atoms with Crippen LogP contribution in [0.25, 0.3) is 10.9 Å². The number of ether oxygens (including phenoxy) is 1. The number of esters is 1. The smallest absolute Gasteiger partial charge is 0.338 e. The minimum atomic E-state index is -0.320. The molecule has 1 heterocycles. The summed E-state index contributed by atoms with van der Waals surface area (Å²) < 4.78 is 5.17. The van der Waals surface area contributed by atoms with E-state index in [4.69, 9.17) is 4.74 Å². The van der Waals surface area contributed by atoms with Gasteiger partial charge in [-0.25, -0.2) is 14.8 Å². The topological polar surface area (TPSA) is 64.1 Å². The van der Waals surface area contributed by atoms with E-state index < -0.39 is 0 Å². The number of nitrogens with zero attached hydrogens (tertiary/aromatic N) is 2. The van der Waals surface area contributed by atoms with E-state index in [0.29, 0.717) is 5.56 Å². The van der Waals surface area contributed by atoms with E-state index in [-0.39, 0.29) is 12.1 Å². The van der Waals surface area contributed by atoms with Crippen molar-refractivity contribution in [3.05, 3.63) is 60.4 Å². The van der Waals surface area contributed by atoms with E-state index in [1.807, 2.05) is 50.2 Å². The van der Waals surface area contributed by atoms with Gasteiger partial charge in [0.05, 0.1) is 17.2 Å².